The van der Waals surface area contributed by atoms with Crippen LogP contribution < -0.4 is 4.74 Å². The van der Waals surface area contributed by atoms with Crippen molar-refractivity contribution in [2.24, 2.45) is 28.6 Å². The second kappa shape index (κ2) is 6.89. The quantitative estimate of drug-likeness (QED) is 0.673. The van der Waals surface area contributed by atoms with Gasteiger partial charge in [0, 0.05) is 11.8 Å². The van der Waals surface area contributed by atoms with Gasteiger partial charge < -0.3 is 19.7 Å². The van der Waals surface area contributed by atoms with Crippen molar-refractivity contribution in [1.29, 1.82) is 0 Å². The zero-order chi connectivity index (χ0) is 23.2. The summed E-state index contributed by atoms with van der Waals surface area (Å²) >= 11 is 0. The van der Waals surface area contributed by atoms with E-state index in [1.807, 2.05) is 44.2 Å². The molecule has 2 N–H and O–H groups in total. The molecule has 0 unspecified atom stereocenters. The second-order valence-electron chi connectivity index (χ2n) is 11.5. The average molecular weight is 457 g/mol. The lowest BCUT2D eigenvalue weighted by Gasteiger charge is -2.61. The first kappa shape index (κ1) is 21.8. The number of allylic oxidation sites excluding steroid dienone is 1. The fourth-order valence-electron chi connectivity index (χ4n) is 8.45. The van der Waals surface area contributed by atoms with E-state index < -0.39 is 34.5 Å². The van der Waals surface area contributed by atoms with Gasteiger partial charge in [-0.3, -0.25) is 4.79 Å². The summed E-state index contributed by atoms with van der Waals surface area (Å²) in [7, 11) is 0. The van der Waals surface area contributed by atoms with Gasteiger partial charge in [0.1, 0.15) is 24.1 Å². The monoisotopic (exact) mass is 456 g/mol. The number of alkyl halides is 1. The highest BCUT2D eigenvalue weighted by Gasteiger charge is 2.77. The molecular weight excluding hydrogens is 423 g/mol. The van der Waals surface area contributed by atoms with E-state index in [4.69, 9.17) is 9.47 Å². The highest BCUT2D eigenvalue weighted by molar-refractivity contribution is 5.91. The van der Waals surface area contributed by atoms with Crippen LogP contribution in [0, 0.1) is 28.6 Å². The van der Waals surface area contributed by atoms with Gasteiger partial charge in [-0.2, -0.15) is 0 Å². The van der Waals surface area contributed by atoms with Gasteiger partial charge in [-0.05, 0) is 79.1 Å². The molecule has 4 fully saturated rings. The lowest BCUT2D eigenvalue weighted by atomic mass is 9.45. The molecule has 6 rings (SSSR count). The number of benzene rings is 1. The van der Waals surface area contributed by atoms with Crippen molar-refractivity contribution in [2.45, 2.75) is 76.0 Å². The van der Waals surface area contributed by atoms with Gasteiger partial charge in [0.25, 0.3) is 5.79 Å². The molecule has 0 radical (unpaired) electrons. The number of carbonyl (C=O) groups excluding carboxylic acids is 1. The van der Waals surface area contributed by atoms with Gasteiger partial charge in [0.05, 0.1) is 6.10 Å². The summed E-state index contributed by atoms with van der Waals surface area (Å²) < 4.78 is 27.6. The summed E-state index contributed by atoms with van der Waals surface area (Å²) in [5.41, 5.74) is -1.89. The number of para-hydroxylation sites is 1. The average Bonchev–Trinajstić information content (AvgIpc) is 3.50. The van der Waals surface area contributed by atoms with E-state index in [0.29, 0.717) is 50.0 Å². The summed E-state index contributed by atoms with van der Waals surface area (Å²) in [6.07, 6.45) is 2.54. The number of aliphatic hydroxyl groups is 2. The Morgan fingerprint density at radius 1 is 1.18 bits per heavy atom. The molecule has 0 spiro atoms. The minimum atomic E-state index is -1.28. The SMILES string of the molecule is C[C@]12CCC(=O)C=C1[C@@H](F)C[C@@H]1[C@@H]2[C@@H](O)C[C@@]2(C)[C@H]1CC[C@]2(O)[C@]1(Oc2ccccc2)CO1. The van der Waals surface area contributed by atoms with E-state index in [1.165, 1.54) is 6.08 Å². The number of epoxide rings is 1. The number of halogens is 1. The van der Waals surface area contributed by atoms with Crippen LogP contribution in [-0.2, 0) is 9.53 Å². The normalized spacial score (nSPS) is 50.6. The molecular formula is C27H33FO5. The molecule has 5 nitrogen and oxygen atoms in total. The van der Waals surface area contributed by atoms with Gasteiger partial charge in [-0.1, -0.05) is 32.0 Å². The van der Waals surface area contributed by atoms with Crippen molar-refractivity contribution < 1.29 is 28.9 Å². The Morgan fingerprint density at radius 2 is 1.91 bits per heavy atom. The van der Waals surface area contributed by atoms with Crippen molar-refractivity contribution in [1.82, 2.24) is 0 Å². The Balaban J connectivity index is 1.36. The van der Waals surface area contributed by atoms with Crippen LogP contribution in [0.2, 0.25) is 0 Å². The third-order valence-electron chi connectivity index (χ3n) is 10.1. The fourth-order valence-corrected chi connectivity index (χ4v) is 8.45. The van der Waals surface area contributed by atoms with Crippen molar-refractivity contribution in [3.8, 4) is 5.75 Å². The molecule has 9 atom stereocenters. The number of ether oxygens (including phenoxy) is 2. The molecule has 5 aliphatic rings. The van der Waals surface area contributed by atoms with Crippen LogP contribution in [0.5, 0.6) is 5.75 Å². The van der Waals surface area contributed by atoms with Crippen LogP contribution in [0.15, 0.2) is 42.0 Å². The minimum Gasteiger partial charge on any atom is -0.457 e. The van der Waals surface area contributed by atoms with Crippen molar-refractivity contribution in [3.05, 3.63) is 42.0 Å². The molecule has 1 heterocycles. The minimum absolute atomic E-state index is 0.0140. The highest BCUT2D eigenvalue weighted by atomic mass is 19.1. The molecule has 3 saturated carbocycles. The molecule has 1 aliphatic heterocycles. The third kappa shape index (κ3) is 2.77. The first-order valence-corrected chi connectivity index (χ1v) is 12.3. The Hall–Kier alpha value is -1.76. The maximum atomic E-state index is 15.5. The zero-order valence-electron chi connectivity index (χ0n) is 19.3. The molecule has 4 aliphatic carbocycles. The summed E-state index contributed by atoms with van der Waals surface area (Å²) in [5.74, 6) is -0.646. The molecule has 33 heavy (non-hydrogen) atoms. The smallest absolute Gasteiger partial charge is 0.264 e. The van der Waals surface area contributed by atoms with Gasteiger partial charge in [0.15, 0.2) is 5.78 Å². The van der Waals surface area contributed by atoms with Crippen LogP contribution in [0.4, 0.5) is 4.39 Å². The standard InChI is InChI=1S/C27H33FO5/c1-24-10-8-16(29)12-20(24)21(28)13-18-19-9-11-26(31,25(19,2)14-22(30)23(18)24)27(15-32-27)33-17-6-4-3-5-7-17/h3-7,12,18-19,21-23,30-31H,8-11,13-15H2,1-2H3/t18-,19-,21-,22-,23+,24-,25-,26+,27+/m0/s1. The van der Waals surface area contributed by atoms with E-state index in [-0.39, 0.29) is 23.5 Å². The van der Waals surface area contributed by atoms with Crippen LogP contribution >= 0.6 is 0 Å². The summed E-state index contributed by atoms with van der Waals surface area (Å²) in [4.78, 5) is 12.1. The summed E-state index contributed by atoms with van der Waals surface area (Å²) in [6.45, 7) is 4.36. The van der Waals surface area contributed by atoms with Crippen LogP contribution in [-0.4, -0.2) is 46.3 Å². The number of carbonyl (C=O) groups is 1. The second-order valence-corrected chi connectivity index (χ2v) is 11.5. The number of fused-ring (bicyclic) bond motifs is 5. The zero-order valence-corrected chi connectivity index (χ0v) is 19.3. The number of hydrogen-bond donors (Lipinski definition) is 2. The predicted octanol–water partition coefficient (Wildman–Crippen LogP) is 3.97. The van der Waals surface area contributed by atoms with Crippen molar-refractivity contribution in [2.75, 3.05) is 6.61 Å². The lowest BCUT2D eigenvalue weighted by molar-refractivity contribution is -0.228. The number of hydrogen-bond acceptors (Lipinski definition) is 5. The number of ketones is 1. The van der Waals surface area contributed by atoms with Crippen LogP contribution in [0.1, 0.15) is 52.4 Å². The molecule has 0 aromatic heterocycles. The Bertz CT molecular complexity index is 1010. The van der Waals surface area contributed by atoms with E-state index in [9.17, 15) is 15.0 Å². The van der Waals surface area contributed by atoms with E-state index in [1.54, 1.807) is 0 Å². The van der Waals surface area contributed by atoms with Crippen LogP contribution in [0.3, 0.4) is 0 Å². The van der Waals surface area contributed by atoms with Gasteiger partial charge >= 0.3 is 0 Å². The predicted molar refractivity (Wildman–Crippen MR) is 119 cm³/mol. The first-order valence-electron chi connectivity index (χ1n) is 12.3. The molecule has 1 aromatic rings. The first-order chi connectivity index (χ1) is 15.6. The number of aliphatic hydroxyl groups excluding tert-OH is 1. The molecule has 6 heteroatoms. The van der Waals surface area contributed by atoms with E-state index in [0.717, 1.165) is 6.42 Å². The number of rotatable bonds is 3. The molecule has 1 aromatic carbocycles. The Morgan fingerprint density at radius 3 is 2.61 bits per heavy atom. The largest absolute Gasteiger partial charge is 0.457 e. The Kier molecular flexibility index (Phi) is 4.54. The van der Waals surface area contributed by atoms with Gasteiger partial charge in [-0.25, -0.2) is 4.39 Å². The lowest BCUT2D eigenvalue weighted by Crippen LogP contribution is -2.65. The third-order valence-corrected chi connectivity index (χ3v) is 10.1. The maximum absolute atomic E-state index is 15.5. The highest BCUT2D eigenvalue weighted by Crippen LogP contribution is 2.70. The summed E-state index contributed by atoms with van der Waals surface area (Å²) in [6, 6.07) is 9.37. The molecule has 0 amide bonds. The maximum Gasteiger partial charge on any atom is 0.264 e. The fraction of sp³-hybridized carbons (Fsp3) is 0.667. The van der Waals surface area contributed by atoms with Crippen molar-refractivity contribution >= 4 is 5.78 Å². The van der Waals surface area contributed by atoms with Gasteiger partial charge in [0.2, 0.25) is 0 Å². The van der Waals surface area contributed by atoms with Crippen molar-refractivity contribution in [3.63, 3.8) is 0 Å². The van der Waals surface area contributed by atoms with Crippen LogP contribution in [0.25, 0.3) is 0 Å². The molecule has 1 saturated heterocycles. The van der Waals surface area contributed by atoms with Gasteiger partial charge in [-0.15, -0.1) is 0 Å². The van der Waals surface area contributed by atoms with E-state index >= 15 is 4.39 Å². The summed E-state index contributed by atoms with van der Waals surface area (Å²) in [5, 5.41) is 23.7. The molecule has 0 bridgehead atoms. The Labute approximate surface area is 194 Å². The molecule has 178 valence electrons. The topological polar surface area (TPSA) is 79.3 Å². The van der Waals surface area contributed by atoms with E-state index in [2.05, 4.69) is 0 Å².